The highest BCUT2D eigenvalue weighted by molar-refractivity contribution is 14.0. The Bertz CT molecular complexity index is 513. The summed E-state index contributed by atoms with van der Waals surface area (Å²) in [6.45, 7) is 3.43. The third-order valence-electron chi connectivity index (χ3n) is 4.87. The molecular weight excluding hydrogens is 452 g/mol. The maximum atomic E-state index is 12.3. The van der Waals surface area contributed by atoms with Crippen LogP contribution in [-0.4, -0.2) is 68.9 Å². The van der Waals surface area contributed by atoms with Gasteiger partial charge in [0.1, 0.15) is 6.54 Å². The molecule has 0 aromatic carbocycles. The van der Waals surface area contributed by atoms with Gasteiger partial charge in [-0.15, -0.1) is 24.0 Å². The summed E-state index contributed by atoms with van der Waals surface area (Å²) in [6.07, 6.45) is -3.22. The van der Waals surface area contributed by atoms with Crippen molar-refractivity contribution in [2.75, 3.05) is 33.8 Å². The molecule has 3 unspecified atom stereocenters. The number of halogens is 4. The standard InChI is InChI=1S/C15H25F3N4O2.HI/c1-14(2)11(9-5-6-24-12(9)14)21-13(19-3)20-7-10(23)22(4)8-15(16,17)18;/h9,11-12H,5-8H2,1-4H3,(H2,19,20,21);1H. The van der Waals surface area contributed by atoms with E-state index in [9.17, 15) is 18.0 Å². The minimum absolute atomic E-state index is 0. The van der Waals surface area contributed by atoms with Gasteiger partial charge in [-0.3, -0.25) is 9.79 Å². The highest BCUT2D eigenvalue weighted by atomic mass is 127. The maximum absolute atomic E-state index is 12.3. The molecule has 0 aromatic rings. The van der Waals surface area contributed by atoms with Crippen LogP contribution in [0, 0.1) is 11.3 Å². The van der Waals surface area contributed by atoms with Gasteiger partial charge in [0.2, 0.25) is 5.91 Å². The Hall–Kier alpha value is -0.780. The quantitative estimate of drug-likeness (QED) is 0.366. The van der Waals surface area contributed by atoms with E-state index in [-0.39, 0.29) is 48.1 Å². The summed E-state index contributed by atoms with van der Waals surface area (Å²) in [7, 11) is 2.69. The van der Waals surface area contributed by atoms with E-state index in [0.29, 0.717) is 16.8 Å². The number of ether oxygens (including phenoxy) is 1. The zero-order valence-corrected chi connectivity index (χ0v) is 17.1. The zero-order valence-electron chi connectivity index (χ0n) is 14.8. The van der Waals surface area contributed by atoms with Gasteiger partial charge in [-0.25, -0.2) is 0 Å². The van der Waals surface area contributed by atoms with Crippen molar-refractivity contribution in [2.24, 2.45) is 16.3 Å². The van der Waals surface area contributed by atoms with Crippen LogP contribution in [0.1, 0.15) is 20.3 Å². The molecule has 2 aliphatic rings. The van der Waals surface area contributed by atoms with Gasteiger partial charge in [0.25, 0.3) is 0 Å². The van der Waals surface area contributed by atoms with Crippen molar-refractivity contribution < 1.29 is 22.7 Å². The summed E-state index contributed by atoms with van der Waals surface area (Å²) < 4.78 is 42.6. The number of nitrogens with zero attached hydrogens (tertiary/aromatic N) is 2. The Balaban J connectivity index is 0.00000312. The van der Waals surface area contributed by atoms with Gasteiger partial charge in [0.05, 0.1) is 12.6 Å². The number of alkyl halides is 3. The minimum Gasteiger partial charge on any atom is -0.377 e. The molecule has 6 nitrogen and oxygen atoms in total. The van der Waals surface area contributed by atoms with Crippen LogP contribution in [-0.2, 0) is 9.53 Å². The molecular formula is C15H26F3IN4O2. The number of hydrogen-bond donors (Lipinski definition) is 2. The highest BCUT2D eigenvalue weighted by Gasteiger charge is 2.59. The summed E-state index contributed by atoms with van der Waals surface area (Å²) in [5.41, 5.74) is -0.0597. The maximum Gasteiger partial charge on any atom is 0.406 e. The molecule has 1 amide bonds. The van der Waals surface area contributed by atoms with E-state index < -0.39 is 18.6 Å². The summed E-state index contributed by atoms with van der Waals surface area (Å²) >= 11 is 0. The van der Waals surface area contributed by atoms with Crippen LogP contribution in [0.15, 0.2) is 4.99 Å². The molecule has 0 bridgehead atoms. The number of amides is 1. The Morgan fingerprint density at radius 2 is 2.04 bits per heavy atom. The lowest BCUT2D eigenvalue weighted by Crippen LogP contribution is -2.68. The second kappa shape index (κ2) is 8.28. The second-order valence-electron chi connectivity index (χ2n) is 6.98. The molecule has 1 aliphatic heterocycles. The van der Waals surface area contributed by atoms with Crippen LogP contribution in [0.5, 0.6) is 0 Å². The van der Waals surface area contributed by atoms with Gasteiger partial charge in [-0.2, -0.15) is 13.2 Å². The number of nitrogens with one attached hydrogen (secondary N) is 2. The van der Waals surface area contributed by atoms with Crippen LogP contribution in [0.2, 0.25) is 0 Å². The van der Waals surface area contributed by atoms with E-state index >= 15 is 0 Å². The Morgan fingerprint density at radius 3 is 2.60 bits per heavy atom. The van der Waals surface area contributed by atoms with Crippen molar-refractivity contribution in [3.63, 3.8) is 0 Å². The van der Waals surface area contributed by atoms with E-state index in [1.807, 2.05) is 0 Å². The van der Waals surface area contributed by atoms with Crippen LogP contribution in [0.3, 0.4) is 0 Å². The lowest BCUT2D eigenvalue weighted by atomic mass is 9.57. The molecule has 1 heterocycles. The normalized spacial score (nSPS) is 27.6. The number of likely N-dealkylation sites (N-methyl/N-ethyl adjacent to an activating group) is 1. The third-order valence-corrected chi connectivity index (χ3v) is 4.87. The molecule has 1 saturated carbocycles. The van der Waals surface area contributed by atoms with Gasteiger partial charge < -0.3 is 20.3 Å². The van der Waals surface area contributed by atoms with Gasteiger partial charge in [0, 0.05) is 38.1 Å². The van der Waals surface area contributed by atoms with Crippen LogP contribution in [0.25, 0.3) is 0 Å². The summed E-state index contributed by atoms with van der Waals surface area (Å²) in [5.74, 6) is 0.152. The van der Waals surface area contributed by atoms with Gasteiger partial charge in [-0.1, -0.05) is 13.8 Å². The first-order valence-corrected chi connectivity index (χ1v) is 7.95. The lowest BCUT2D eigenvalue weighted by molar-refractivity contribution is -0.157. The molecule has 3 atom stereocenters. The molecule has 1 aliphatic carbocycles. The van der Waals surface area contributed by atoms with Crippen LogP contribution >= 0.6 is 24.0 Å². The van der Waals surface area contributed by atoms with E-state index in [2.05, 4.69) is 29.5 Å². The fraction of sp³-hybridized carbons (Fsp3) is 0.867. The number of fused-ring (bicyclic) bond motifs is 1. The van der Waals surface area contributed by atoms with Crippen molar-refractivity contribution in [3.8, 4) is 0 Å². The van der Waals surface area contributed by atoms with Crippen molar-refractivity contribution in [1.82, 2.24) is 15.5 Å². The van der Waals surface area contributed by atoms with Gasteiger partial charge in [-0.05, 0) is 6.42 Å². The SMILES string of the molecule is CN=C(NCC(=O)N(C)CC(F)(F)F)NC1C2CCOC2C1(C)C.I. The van der Waals surface area contributed by atoms with Gasteiger partial charge >= 0.3 is 6.18 Å². The first-order valence-electron chi connectivity index (χ1n) is 7.95. The lowest BCUT2D eigenvalue weighted by Gasteiger charge is -2.54. The molecule has 25 heavy (non-hydrogen) atoms. The Kier molecular flexibility index (Phi) is 7.37. The highest BCUT2D eigenvalue weighted by Crippen LogP contribution is 2.52. The molecule has 1 saturated heterocycles. The molecule has 2 rings (SSSR count). The van der Waals surface area contributed by atoms with Gasteiger partial charge in [0.15, 0.2) is 5.96 Å². The zero-order chi connectivity index (χ0) is 18.1. The summed E-state index contributed by atoms with van der Waals surface area (Å²) in [6, 6.07) is 0.152. The van der Waals surface area contributed by atoms with Crippen molar-refractivity contribution >= 4 is 35.8 Å². The molecule has 2 N–H and O–H groups in total. The first kappa shape index (κ1) is 22.3. The largest absolute Gasteiger partial charge is 0.406 e. The third kappa shape index (κ3) is 5.11. The fourth-order valence-electron chi connectivity index (χ4n) is 3.61. The smallest absolute Gasteiger partial charge is 0.377 e. The fourth-order valence-corrected chi connectivity index (χ4v) is 3.61. The molecule has 2 fully saturated rings. The number of guanidine groups is 1. The molecule has 10 heteroatoms. The monoisotopic (exact) mass is 478 g/mol. The number of carbonyl (C=O) groups is 1. The summed E-state index contributed by atoms with van der Waals surface area (Å²) in [4.78, 5) is 16.5. The average Bonchev–Trinajstić information content (AvgIpc) is 2.92. The van der Waals surface area contributed by atoms with E-state index in [1.54, 1.807) is 7.05 Å². The topological polar surface area (TPSA) is 66.0 Å². The molecule has 0 radical (unpaired) electrons. The predicted molar refractivity (Wildman–Crippen MR) is 99.0 cm³/mol. The van der Waals surface area contributed by atoms with Crippen molar-refractivity contribution in [1.29, 1.82) is 0 Å². The number of rotatable bonds is 4. The van der Waals surface area contributed by atoms with Crippen molar-refractivity contribution in [3.05, 3.63) is 0 Å². The molecule has 0 aromatic heterocycles. The van der Waals surface area contributed by atoms with Crippen LogP contribution in [0.4, 0.5) is 13.2 Å². The van der Waals surface area contributed by atoms with E-state index in [0.717, 1.165) is 20.1 Å². The predicted octanol–water partition coefficient (Wildman–Crippen LogP) is 1.60. The number of hydrogen-bond acceptors (Lipinski definition) is 3. The molecule has 146 valence electrons. The van der Waals surface area contributed by atoms with E-state index in [4.69, 9.17) is 4.74 Å². The second-order valence-corrected chi connectivity index (χ2v) is 6.98. The van der Waals surface area contributed by atoms with Crippen LogP contribution < -0.4 is 10.6 Å². The molecule has 0 spiro atoms. The number of aliphatic imine (C=N–C) groups is 1. The number of carbonyl (C=O) groups excluding carboxylic acids is 1. The Labute approximate surface area is 163 Å². The van der Waals surface area contributed by atoms with Crippen molar-refractivity contribution in [2.45, 2.75) is 38.6 Å². The Morgan fingerprint density at radius 1 is 1.40 bits per heavy atom. The summed E-state index contributed by atoms with van der Waals surface area (Å²) in [5, 5.41) is 6.07. The van der Waals surface area contributed by atoms with E-state index in [1.165, 1.54) is 0 Å². The first-order chi connectivity index (χ1) is 11.1. The average molecular weight is 478 g/mol. The minimum atomic E-state index is -4.40.